The predicted octanol–water partition coefficient (Wildman–Crippen LogP) is 15.5. The maximum Gasteiger partial charge on any atom is 0.0468 e. The zero-order valence-electron chi connectivity index (χ0n) is 29.4. The zero-order valence-corrected chi connectivity index (χ0v) is 30.2. The molecule has 0 saturated carbocycles. The van der Waals surface area contributed by atoms with Crippen molar-refractivity contribution in [3.63, 3.8) is 0 Å². The highest BCUT2D eigenvalue weighted by atomic mass is 32.1. The first-order valence-electron chi connectivity index (χ1n) is 18.5. The molecule has 10 aromatic carbocycles. The van der Waals surface area contributed by atoms with Gasteiger partial charge in [0.2, 0.25) is 0 Å². The molecule has 252 valence electrons. The van der Waals surface area contributed by atoms with Crippen molar-refractivity contribution in [3.8, 4) is 22.3 Å². The molecule has 11 aromatic rings. The third kappa shape index (κ3) is 4.99. The van der Waals surface area contributed by atoms with E-state index in [9.17, 15) is 0 Å². The molecule has 0 saturated heterocycles. The molecule has 0 radical (unpaired) electrons. The summed E-state index contributed by atoms with van der Waals surface area (Å²) in [7, 11) is 0. The highest BCUT2D eigenvalue weighted by molar-refractivity contribution is 7.26. The van der Waals surface area contributed by atoms with Gasteiger partial charge < -0.3 is 4.90 Å². The van der Waals surface area contributed by atoms with Crippen molar-refractivity contribution in [1.29, 1.82) is 0 Å². The number of hydrogen-bond donors (Lipinski definition) is 0. The van der Waals surface area contributed by atoms with Crippen LogP contribution in [0.2, 0.25) is 0 Å². The third-order valence-corrected chi connectivity index (χ3v) is 12.3. The van der Waals surface area contributed by atoms with Gasteiger partial charge in [-0.15, -0.1) is 11.3 Å². The molecule has 0 N–H and O–H groups in total. The van der Waals surface area contributed by atoms with E-state index in [2.05, 4.69) is 205 Å². The van der Waals surface area contributed by atoms with Crippen LogP contribution in [0.1, 0.15) is 0 Å². The fourth-order valence-corrected chi connectivity index (χ4v) is 9.66. The Balaban J connectivity index is 1.06. The lowest BCUT2D eigenvalue weighted by atomic mass is 9.93. The number of hydrogen-bond acceptors (Lipinski definition) is 2. The molecular weight excluding hydrogens is 671 g/mol. The van der Waals surface area contributed by atoms with E-state index >= 15 is 0 Å². The molecule has 0 spiro atoms. The van der Waals surface area contributed by atoms with Crippen molar-refractivity contribution in [2.75, 3.05) is 4.90 Å². The van der Waals surface area contributed by atoms with Gasteiger partial charge in [-0.05, 0) is 114 Å². The smallest absolute Gasteiger partial charge is 0.0468 e. The van der Waals surface area contributed by atoms with Gasteiger partial charge in [0.1, 0.15) is 0 Å². The average molecular weight is 704 g/mol. The van der Waals surface area contributed by atoms with Crippen LogP contribution in [0.5, 0.6) is 0 Å². The van der Waals surface area contributed by atoms with E-state index in [-0.39, 0.29) is 0 Å². The topological polar surface area (TPSA) is 3.24 Å². The van der Waals surface area contributed by atoms with Crippen LogP contribution in [-0.4, -0.2) is 0 Å². The molecule has 1 heterocycles. The minimum atomic E-state index is 1.11. The molecule has 0 amide bonds. The van der Waals surface area contributed by atoms with E-state index < -0.39 is 0 Å². The highest BCUT2D eigenvalue weighted by Crippen LogP contribution is 2.43. The molecule has 11 rings (SSSR count). The molecule has 2 heteroatoms. The summed E-state index contributed by atoms with van der Waals surface area (Å²) in [6.45, 7) is 0. The van der Waals surface area contributed by atoms with Crippen molar-refractivity contribution < 1.29 is 0 Å². The van der Waals surface area contributed by atoms with Gasteiger partial charge in [0.05, 0.1) is 0 Å². The van der Waals surface area contributed by atoms with Gasteiger partial charge in [-0.3, -0.25) is 0 Å². The zero-order chi connectivity index (χ0) is 35.6. The summed E-state index contributed by atoms with van der Waals surface area (Å²) in [4.78, 5) is 2.40. The number of benzene rings is 10. The quantitative estimate of drug-likeness (QED) is 0.161. The summed E-state index contributed by atoms with van der Waals surface area (Å²) < 4.78 is 2.66. The molecule has 0 atom stereocenters. The molecule has 0 aliphatic heterocycles. The Labute approximate surface area is 317 Å². The van der Waals surface area contributed by atoms with Crippen LogP contribution in [0.4, 0.5) is 17.1 Å². The second-order valence-electron chi connectivity index (χ2n) is 14.1. The van der Waals surface area contributed by atoms with Crippen LogP contribution >= 0.6 is 11.3 Å². The van der Waals surface area contributed by atoms with Crippen LogP contribution in [0, 0.1) is 0 Å². The number of nitrogens with zero attached hydrogens (tertiary/aromatic N) is 1. The first kappa shape index (κ1) is 30.8. The summed E-state index contributed by atoms with van der Waals surface area (Å²) in [5, 5.41) is 12.8. The second-order valence-corrected chi connectivity index (χ2v) is 15.1. The standard InChI is InChI=1S/C52H33NS/c1-3-12-42-34(10-1)20-21-36-26-31-41(33-50(36)42)53(39-27-22-35(23-28-39)44-17-9-18-48-47-16-7-8-19-51(47)54-52(44)48)40-29-24-37(25-30-40)49-32-38-11-2-4-13-43(38)45-14-5-6-15-46(45)49/h1-33H. The summed E-state index contributed by atoms with van der Waals surface area (Å²) >= 11 is 1.88. The van der Waals surface area contributed by atoms with E-state index in [1.807, 2.05) is 11.3 Å². The van der Waals surface area contributed by atoms with Crippen LogP contribution < -0.4 is 4.90 Å². The van der Waals surface area contributed by atoms with E-state index in [4.69, 9.17) is 0 Å². The lowest BCUT2D eigenvalue weighted by Crippen LogP contribution is -2.10. The van der Waals surface area contributed by atoms with Gasteiger partial charge in [-0.1, -0.05) is 152 Å². The van der Waals surface area contributed by atoms with Gasteiger partial charge in [-0.2, -0.15) is 0 Å². The maximum absolute atomic E-state index is 2.40. The number of anilines is 3. The summed E-state index contributed by atoms with van der Waals surface area (Å²) in [5.41, 5.74) is 8.31. The molecule has 0 bridgehead atoms. The van der Waals surface area contributed by atoms with Crippen molar-refractivity contribution in [3.05, 3.63) is 200 Å². The van der Waals surface area contributed by atoms with Gasteiger partial charge in [0, 0.05) is 37.2 Å². The fourth-order valence-electron chi connectivity index (χ4n) is 8.42. The summed E-state index contributed by atoms with van der Waals surface area (Å²) in [6.07, 6.45) is 0. The SMILES string of the molecule is c1ccc2c(c1)ccc1ccc(N(c3ccc(-c4cc5ccccc5c5ccccc45)cc3)c3ccc(-c4cccc5c4sc4ccccc45)cc3)cc12. The normalized spacial score (nSPS) is 11.7. The number of fused-ring (bicyclic) bond motifs is 9. The predicted molar refractivity (Wildman–Crippen MR) is 235 cm³/mol. The Morgan fingerprint density at radius 3 is 1.56 bits per heavy atom. The Morgan fingerprint density at radius 2 is 0.815 bits per heavy atom. The lowest BCUT2D eigenvalue weighted by Gasteiger charge is -2.26. The maximum atomic E-state index is 2.40. The molecule has 0 unspecified atom stereocenters. The minimum absolute atomic E-state index is 1.11. The van der Waals surface area contributed by atoms with Crippen LogP contribution in [-0.2, 0) is 0 Å². The molecule has 0 fully saturated rings. The number of rotatable bonds is 5. The first-order valence-corrected chi connectivity index (χ1v) is 19.3. The summed E-state index contributed by atoms with van der Waals surface area (Å²) in [6, 6.07) is 73.5. The van der Waals surface area contributed by atoms with Crippen LogP contribution in [0.25, 0.3) is 85.5 Å². The Morgan fingerprint density at radius 1 is 0.296 bits per heavy atom. The van der Waals surface area contributed by atoms with Crippen molar-refractivity contribution in [1.82, 2.24) is 0 Å². The fraction of sp³-hybridized carbons (Fsp3) is 0. The molecule has 1 nitrogen and oxygen atoms in total. The van der Waals surface area contributed by atoms with Crippen molar-refractivity contribution in [2.45, 2.75) is 0 Å². The third-order valence-electron chi connectivity index (χ3n) is 11.0. The van der Waals surface area contributed by atoms with Crippen molar-refractivity contribution >= 4 is 91.7 Å². The average Bonchev–Trinajstić information content (AvgIpc) is 3.63. The number of thiophene rings is 1. The molecule has 54 heavy (non-hydrogen) atoms. The van der Waals surface area contributed by atoms with Gasteiger partial charge in [0.15, 0.2) is 0 Å². The van der Waals surface area contributed by atoms with E-state index in [0.29, 0.717) is 0 Å². The summed E-state index contributed by atoms with van der Waals surface area (Å²) in [5.74, 6) is 0. The Kier molecular flexibility index (Phi) is 7.11. The molecule has 1 aromatic heterocycles. The lowest BCUT2D eigenvalue weighted by molar-refractivity contribution is 1.29. The minimum Gasteiger partial charge on any atom is -0.310 e. The van der Waals surface area contributed by atoms with E-state index in [0.717, 1.165) is 17.1 Å². The van der Waals surface area contributed by atoms with E-state index in [1.54, 1.807) is 0 Å². The second kappa shape index (κ2) is 12.4. The van der Waals surface area contributed by atoms with Crippen molar-refractivity contribution in [2.24, 2.45) is 0 Å². The van der Waals surface area contributed by atoms with Crippen LogP contribution in [0.3, 0.4) is 0 Å². The largest absolute Gasteiger partial charge is 0.310 e. The molecule has 0 aliphatic rings. The van der Waals surface area contributed by atoms with E-state index in [1.165, 1.54) is 85.5 Å². The van der Waals surface area contributed by atoms with Gasteiger partial charge in [-0.25, -0.2) is 0 Å². The molecule has 0 aliphatic carbocycles. The molecular formula is C52H33NS. The Bertz CT molecular complexity index is 3210. The Hall–Kier alpha value is -6.74. The van der Waals surface area contributed by atoms with Gasteiger partial charge in [0.25, 0.3) is 0 Å². The highest BCUT2D eigenvalue weighted by Gasteiger charge is 2.17. The van der Waals surface area contributed by atoms with Crippen LogP contribution in [0.15, 0.2) is 200 Å². The first-order chi connectivity index (χ1) is 26.8. The monoisotopic (exact) mass is 703 g/mol. The van der Waals surface area contributed by atoms with Gasteiger partial charge >= 0.3 is 0 Å².